The van der Waals surface area contributed by atoms with E-state index in [1.54, 1.807) is 0 Å². The molecule has 1 aromatic heterocycles. The maximum atomic E-state index is 3.56. The fraction of sp³-hybridized carbons (Fsp3) is 0.176. The Balaban J connectivity index is 1.32. The van der Waals surface area contributed by atoms with Crippen molar-refractivity contribution >= 4 is 38.8 Å². The SMILES string of the molecule is CC(C)Cc1ccccc1N1c2ccccc2C2C=C(c3ccc4[nH]c5ccccc5c4c3)C=CC21. The summed E-state index contributed by atoms with van der Waals surface area (Å²) in [5, 5.41) is 2.57. The number of nitrogens with one attached hydrogen (secondary N) is 1. The molecular formula is C34H30N2. The Bertz CT molecular complexity index is 1670. The fourth-order valence-electron chi connectivity index (χ4n) is 6.21. The minimum Gasteiger partial charge on any atom is -0.355 e. The van der Waals surface area contributed by atoms with Gasteiger partial charge in [-0.15, -0.1) is 0 Å². The second kappa shape index (κ2) is 8.27. The lowest BCUT2D eigenvalue weighted by molar-refractivity contribution is 0.644. The molecule has 1 aliphatic heterocycles. The molecule has 0 saturated heterocycles. The van der Waals surface area contributed by atoms with Gasteiger partial charge in [0.15, 0.2) is 0 Å². The number of benzene rings is 4. The van der Waals surface area contributed by atoms with Crippen LogP contribution in [0.5, 0.6) is 0 Å². The van der Waals surface area contributed by atoms with Crippen LogP contribution in [0, 0.1) is 5.92 Å². The van der Waals surface area contributed by atoms with Crippen molar-refractivity contribution in [3.05, 3.63) is 126 Å². The number of hydrogen-bond acceptors (Lipinski definition) is 1. The zero-order chi connectivity index (χ0) is 24.2. The van der Waals surface area contributed by atoms with Gasteiger partial charge in [-0.25, -0.2) is 0 Å². The summed E-state index contributed by atoms with van der Waals surface area (Å²) >= 11 is 0. The lowest BCUT2D eigenvalue weighted by Gasteiger charge is -2.31. The first-order chi connectivity index (χ1) is 17.7. The van der Waals surface area contributed by atoms with E-state index in [0.29, 0.717) is 11.8 Å². The molecule has 2 unspecified atom stereocenters. The predicted octanol–water partition coefficient (Wildman–Crippen LogP) is 8.78. The molecule has 36 heavy (non-hydrogen) atoms. The van der Waals surface area contributed by atoms with Gasteiger partial charge in [0.1, 0.15) is 0 Å². The lowest BCUT2D eigenvalue weighted by Crippen LogP contribution is -2.29. The molecule has 176 valence electrons. The number of hydrogen-bond donors (Lipinski definition) is 1. The normalized spacial score (nSPS) is 18.6. The van der Waals surface area contributed by atoms with Gasteiger partial charge >= 0.3 is 0 Å². The fourth-order valence-corrected chi connectivity index (χ4v) is 6.21. The van der Waals surface area contributed by atoms with Gasteiger partial charge in [-0.2, -0.15) is 0 Å². The van der Waals surface area contributed by atoms with Gasteiger partial charge in [0.25, 0.3) is 0 Å². The smallest absolute Gasteiger partial charge is 0.0630 e. The number of para-hydroxylation sites is 3. The van der Waals surface area contributed by atoms with Crippen molar-refractivity contribution in [1.29, 1.82) is 0 Å². The molecule has 2 heteroatoms. The predicted molar refractivity (Wildman–Crippen MR) is 153 cm³/mol. The number of nitrogens with zero attached hydrogens (tertiary/aromatic N) is 1. The first-order valence-corrected chi connectivity index (χ1v) is 13.0. The molecule has 0 spiro atoms. The van der Waals surface area contributed by atoms with Gasteiger partial charge in [-0.1, -0.05) is 92.7 Å². The molecule has 2 heterocycles. The maximum Gasteiger partial charge on any atom is 0.0630 e. The minimum absolute atomic E-state index is 0.288. The van der Waals surface area contributed by atoms with Crippen molar-refractivity contribution < 1.29 is 0 Å². The van der Waals surface area contributed by atoms with Crippen LogP contribution in [0.3, 0.4) is 0 Å². The molecule has 4 aromatic carbocycles. The number of aromatic nitrogens is 1. The van der Waals surface area contributed by atoms with E-state index < -0.39 is 0 Å². The molecule has 1 aliphatic carbocycles. The molecule has 2 aliphatic rings. The van der Waals surface area contributed by atoms with Crippen molar-refractivity contribution in [2.45, 2.75) is 32.2 Å². The third kappa shape index (κ3) is 3.32. The number of aromatic amines is 1. The highest BCUT2D eigenvalue weighted by atomic mass is 15.2. The van der Waals surface area contributed by atoms with Gasteiger partial charge in [-0.05, 0) is 64.9 Å². The topological polar surface area (TPSA) is 19.0 Å². The highest BCUT2D eigenvalue weighted by molar-refractivity contribution is 6.08. The Hall–Kier alpha value is -4.04. The van der Waals surface area contributed by atoms with Crippen molar-refractivity contribution in [1.82, 2.24) is 4.98 Å². The number of anilines is 2. The van der Waals surface area contributed by atoms with Crippen molar-refractivity contribution in [2.75, 3.05) is 4.90 Å². The highest BCUT2D eigenvalue weighted by Gasteiger charge is 2.38. The average molecular weight is 467 g/mol. The molecule has 1 N–H and O–H groups in total. The van der Waals surface area contributed by atoms with E-state index in [9.17, 15) is 0 Å². The van der Waals surface area contributed by atoms with E-state index in [-0.39, 0.29) is 6.04 Å². The van der Waals surface area contributed by atoms with Crippen LogP contribution < -0.4 is 4.90 Å². The van der Waals surface area contributed by atoms with Gasteiger partial charge < -0.3 is 9.88 Å². The Morgan fingerprint density at radius 1 is 0.778 bits per heavy atom. The van der Waals surface area contributed by atoms with Crippen LogP contribution in [0.15, 0.2) is 109 Å². The van der Waals surface area contributed by atoms with Crippen LogP contribution in [-0.4, -0.2) is 11.0 Å². The molecule has 0 fully saturated rings. The summed E-state index contributed by atoms with van der Waals surface area (Å²) in [5.74, 6) is 0.944. The van der Waals surface area contributed by atoms with Gasteiger partial charge in [-0.3, -0.25) is 0 Å². The van der Waals surface area contributed by atoms with Crippen LogP contribution in [-0.2, 0) is 6.42 Å². The van der Waals surface area contributed by atoms with Gasteiger partial charge in [0, 0.05) is 39.1 Å². The van der Waals surface area contributed by atoms with Crippen LogP contribution in [0.25, 0.3) is 27.4 Å². The first kappa shape index (κ1) is 21.3. The number of fused-ring (bicyclic) bond motifs is 6. The van der Waals surface area contributed by atoms with E-state index in [0.717, 1.165) is 6.42 Å². The number of rotatable bonds is 4. The summed E-state index contributed by atoms with van der Waals surface area (Å²) in [6, 6.07) is 33.6. The molecule has 7 rings (SSSR count). The Morgan fingerprint density at radius 3 is 2.42 bits per heavy atom. The molecule has 0 bridgehead atoms. The summed E-state index contributed by atoms with van der Waals surface area (Å²) in [4.78, 5) is 6.13. The third-order valence-electron chi connectivity index (χ3n) is 7.77. The first-order valence-electron chi connectivity index (χ1n) is 13.0. The second-order valence-corrected chi connectivity index (χ2v) is 10.6. The monoisotopic (exact) mass is 466 g/mol. The van der Waals surface area contributed by atoms with Crippen molar-refractivity contribution in [2.24, 2.45) is 5.92 Å². The van der Waals surface area contributed by atoms with E-state index in [1.165, 1.54) is 55.4 Å². The molecule has 0 saturated carbocycles. The van der Waals surface area contributed by atoms with Crippen LogP contribution in [0.1, 0.15) is 36.5 Å². The molecule has 5 aromatic rings. The Kier molecular flexibility index (Phi) is 4.89. The summed E-state index contributed by atoms with van der Waals surface area (Å²) in [6.45, 7) is 4.61. The largest absolute Gasteiger partial charge is 0.355 e. The summed E-state index contributed by atoms with van der Waals surface area (Å²) in [5.41, 5.74) is 10.5. The maximum absolute atomic E-state index is 3.56. The Labute approximate surface area is 212 Å². The average Bonchev–Trinajstić information content (AvgIpc) is 3.44. The third-order valence-corrected chi connectivity index (χ3v) is 7.77. The van der Waals surface area contributed by atoms with E-state index in [2.05, 4.69) is 133 Å². The summed E-state index contributed by atoms with van der Waals surface area (Å²) < 4.78 is 0. The zero-order valence-corrected chi connectivity index (χ0v) is 20.8. The molecule has 0 radical (unpaired) electrons. The summed E-state index contributed by atoms with van der Waals surface area (Å²) in [6.07, 6.45) is 8.33. The van der Waals surface area contributed by atoms with Crippen LogP contribution >= 0.6 is 0 Å². The van der Waals surface area contributed by atoms with Crippen LogP contribution in [0.4, 0.5) is 11.4 Å². The van der Waals surface area contributed by atoms with Crippen molar-refractivity contribution in [3.8, 4) is 0 Å². The molecular weight excluding hydrogens is 436 g/mol. The minimum atomic E-state index is 0.288. The lowest BCUT2D eigenvalue weighted by atomic mass is 9.86. The van der Waals surface area contributed by atoms with Crippen LogP contribution in [0.2, 0.25) is 0 Å². The van der Waals surface area contributed by atoms with E-state index in [1.807, 2.05) is 0 Å². The molecule has 2 atom stereocenters. The van der Waals surface area contributed by atoms with E-state index >= 15 is 0 Å². The van der Waals surface area contributed by atoms with Gasteiger partial charge in [0.2, 0.25) is 0 Å². The highest BCUT2D eigenvalue weighted by Crippen LogP contribution is 2.50. The number of H-pyrrole nitrogens is 1. The van der Waals surface area contributed by atoms with Gasteiger partial charge in [0.05, 0.1) is 6.04 Å². The van der Waals surface area contributed by atoms with Crippen molar-refractivity contribution in [3.63, 3.8) is 0 Å². The quantitative estimate of drug-likeness (QED) is 0.280. The standard InChI is InChI=1S/C34H30N2/c1-22(2)19-25-9-3-7-13-32(25)36-33-14-8-5-11-27(33)29-21-24(16-18-34(29)36)23-15-17-31-28(20-23)26-10-4-6-12-30(26)35-31/h3-18,20-22,29,34-35H,19H2,1-2H3. The molecule has 0 amide bonds. The van der Waals surface area contributed by atoms with E-state index in [4.69, 9.17) is 0 Å². The summed E-state index contributed by atoms with van der Waals surface area (Å²) in [7, 11) is 0. The molecule has 2 nitrogen and oxygen atoms in total. The zero-order valence-electron chi connectivity index (χ0n) is 20.8. The number of allylic oxidation sites excluding steroid dienone is 2. The Morgan fingerprint density at radius 2 is 1.53 bits per heavy atom. The second-order valence-electron chi connectivity index (χ2n) is 10.6.